The van der Waals surface area contributed by atoms with E-state index in [2.05, 4.69) is 10.1 Å². The molecule has 0 bridgehead atoms. The summed E-state index contributed by atoms with van der Waals surface area (Å²) in [6.07, 6.45) is 0.238. The molecule has 1 aromatic rings. The molecule has 1 atom stereocenters. The molecule has 0 fully saturated rings. The highest BCUT2D eigenvalue weighted by Crippen LogP contribution is 2.31. The molecule has 0 saturated carbocycles. The molecule has 0 spiro atoms. The van der Waals surface area contributed by atoms with Gasteiger partial charge in [-0.3, -0.25) is 14.4 Å². The molecular weight excluding hydrogens is 304 g/mol. The lowest BCUT2D eigenvalue weighted by atomic mass is 10.2. The number of thioether (sulfide) groups is 1. The zero-order valence-corrected chi connectivity index (χ0v) is 13.3. The third-order valence-electron chi connectivity index (χ3n) is 3.30. The Morgan fingerprint density at radius 3 is 2.82 bits per heavy atom. The van der Waals surface area contributed by atoms with Crippen molar-refractivity contribution in [3.8, 4) is 0 Å². The maximum atomic E-state index is 12.5. The monoisotopic (exact) mass is 322 g/mol. The number of fused-ring (bicyclic) bond motifs is 1. The molecule has 6 nitrogen and oxygen atoms in total. The van der Waals surface area contributed by atoms with Crippen LogP contribution in [0.3, 0.4) is 0 Å². The molecule has 22 heavy (non-hydrogen) atoms. The van der Waals surface area contributed by atoms with Gasteiger partial charge in [0.05, 0.1) is 30.0 Å². The van der Waals surface area contributed by atoms with Crippen molar-refractivity contribution in [2.45, 2.75) is 19.4 Å². The summed E-state index contributed by atoms with van der Waals surface area (Å²) < 4.78 is 4.55. The first-order valence-electron chi connectivity index (χ1n) is 6.88. The van der Waals surface area contributed by atoms with Gasteiger partial charge in [-0.15, -0.1) is 11.8 Å². The average molecular weight is 322 g/mol. The molecular formula is C15H18N2O4S. The van der Waals surface area contributed by atoms with Crippen molar-refractivity contribution < 1.29 is 19.1 Å². The lowest BCUT2D eigenvalue weighted by Gasteiger charge is -2.27. The smallest absolute Gasteiger partial charge is 0.315 e. The Morgan fingerprint density at radius 2 is 2.09 bits per heavy atom. The second kappa shape index (κ2) is 7.31. The summed E-state index contributed by atoms with van der Waals surface area (Å²) >= 11 is 1.20. The molecule has 0 aliphatic carbocycles. The van der Waals surface area contributed by atoms with E-state index in [0.717, 1.165) is 0 Å². The molecule has 1 aliphatic rings. The number of rotatable bonds is 4. The maximum Gasteiger partial charge on any atom is 0.315 e. The zero-order chi connectivity index (χ0) is 16.1. The predicted molar refractivity (Wildman–Crippen MR) is 86.0 cm³/mol. The van der Waals surface area contributed by atoms with Crippen molar-refractivity contribution in [3.63, 3.8) is 0 Å². The number of anilines is 2. The Morgan fingerprint density at radius 1 is 1.36 bits per heavy atom. The van der Waals surface area contributed by atoms with Gasteiger partial charge in [-0.2, -0.15) is 0 Å². The van der Waals surface area contributed by atoms with Gasteiger partial charge in [0.1, 0.15) is 0 Å². The Labute approximate surface area is 133 Å². The van der Waals surface area contributed by atoms with Crippen LogP contribution in [0, 0.1) is 0 Å². The molecule has 0 aromatic heterocycles. The highest BCUT2D eigenvalue weighted by atomic mass is 32.2. The maximum absolute atomic E-state index is 12.5. The molecule has 1 unspecified atom stereocenters. The highest BCUT2D eigenvalue weighted by molar-refractivity contribution is 8.00. The van der Waals surface area contributed by atoms with E-state index in [4.69, 9.17) is 0 Å². The van der Waals surface area contributed by atoms with Crippen LogP contribution in [-0.2, 0) is 19.1 Å². The predicted octanol–water partition coefficient (Wildman–Crippen LogP) is 1.66. The molecule has 1 aliphatic heterocycles. The summed E-state index contributed by atoms with van der Waals surface area (Å²) in [6, 6.07) is 6.97. The number of amides is 2. The molecule has 0 radical (unpaired) electrons. The summed E-state index contributed by atoms with van der Waals surface area (Å²) in [5, 5.41) is 2.81. The molecule has 118 valence electrons. The zero-order valence-electron chi connectivity index (χ0n) is 12.5. The first-order chi connectivity index (χ1) is 10.5. The van der Waals surface area contributed by atoms with Crippen LogP contribution in [0.15, 0.2) is 24.3 Å². The number of hydrogen-bond acceptors (Lipinski definition) is 5. The number of nitrogens with one attached hydrogen (secondary N) is 1. The Bertz CT molecular complexity index is 591. The molecule has 2 rings (SSSR count). The molecule has 2 amide bonds. The number of para-hydroxylation sites is 2. The van der Waals surface area contributed by atoms with Crippen LogP contribution in [0.25, 0.3) is 0 Å². The number of carbonyl (C=O) groups is 3. The van der Waals surface area contributed by atoms with Crippen LogP contribution in [0.2, 0.25) is 0 Å². The second-order valence-electron chi connectivity index (χ2n) is 4.95. The minimum atomic E-state index is -0.362. The SMILES string of the molecule is COC(=O)CSCC(=O)N1c2ccccc2NC(=O)CC1C. The summed E-state index contributed by atoms with van der Waals surface area (Å²) in [5.41, 5.74) is 1.31. The van der Waals surface area contributed by atoms with Crippen LogP contribution in [0.1, 0.15) is 13.3 Å². The van der Waals surface area contributed by atoms with E-state index >= 15 is 0 Å². The summed E-state index contributed by atoms with van der Waals surface area (Å²) in [5.74, 6) is -0.326. The Hall–Kier alpha value is -2.02. The van der Waals surface area contributed by atoms with Gasteiger partial charge in [0, 0.05) is 12.5 Å². The van der Waals surface area contributed by atoms with Gasteiger partial charge in [-0.25, -0.2) is 0 Å². The van der Waals surface area contributed by atoms with Gasteiger partial charge in [-0.1, -0.05) is 12.1 Å². The Balaban J connectivity index is 2.15. The van der Waals surface area contributed by atoms with Crippen molar-refractivity contribution in [1.82, 2.24) is 0 Å². The number of esters is 1. The second-order valence-corrected chi connectivity index (χ2v) is 5.94. The van der Waals surface area contributed by atoms with E-state index in [9.17, 15) is 14.4 Å². The number of benzene rings is 1. The fourth-order valence-electron chi connectivity index (χ4n) is 2.32. The fraction of sp³-hybridized carbons (Fsp3) is 0.400. The van der Waals surface area contributed by atoms with Gasteiger partial charge in [0.2, 0.25) is 11.8 Å². The normalized spacial score (nSPS) is 17.3. The first-order valence-corrected chi connectivity index (χ1v) is 8.04. The molecule has 1 N–H and O–H groups in total. The largest absolute Gasteiger partial charge is 0.468 e. The molecule has 7 heteroatoms. The van der Waals surface area contributed by atoms with Crippen molar-refractivity contribution >= 4 is 40.9 Å². The summed E-state index contributed by atoms with van der Waals surface area (Å²) in [4.78, 5) is 37.1. The summed E-state index contributed by atoms with van der Waals surface area (Å²) in [6.45, 7) is 1.84. The van der Waals surface area contributed by atoms with Crippen LogP contribution < -0.4 is 10.2 Å². The minimum absolute atomic E-state index is 0.113. The lowest BCUT2D eigenvalue weighted by Crippen LogP contribution is -2.40. The number of carbonyl (C=O) groups excluding carboxylic acids is 3. The van der Waals surface area contributed by atoms with Crippen molar-refractivity contribution in [2.75, 3.05) is 28.8 Å². The van der Waals surface area contributed by atoms with Gasteiger partial charge in [0.25, 0.3) is 0 Å². The first kappa shape index (κ1) is 16.4. The van der Waals surface area contributed by atoms with Gasteiger partial charge < -0.3 is 15.0 Å². The van der Waals surface area contributed by atoms with Crippen LogP contribution in [-0.4, -0.2) is 42.4 Å². The van der Waals surface area contributed by atoms with E-state index in [-0.39, 0.29) is 41.8 Å². The van der Waals surface area contributed by atoms with Crippen molar-refractivity contribution in [3.05, 3.63) is 24.3 Å². The number of nitrogens with zero attached hydrogens (tertiary/aromatic N) is 1. The van der Waals surface area contributed by atoms with Gasteiger partial charge in [0.15, 0.2) is 0 Å². The number of hydrogen-bond donors (Lipinski definition) is 1. The van der Waals surface area contributed by atoms with E-state index in [1.165, 1.54) is 18.9 Å². The summed E-state index contributed by atoms with van der Waals surface area (Å²) in [7, 11) is 1.31. The molecule has 0 saturated heterocycles. The standard InChI is InChI=1S/C15H18N2O4S/c1-10-7-13(18)16-11-5-3-4-6-12(11)17(10)14(19)8-22-9-15(20)21-2/h3-6,10H,7-9H2,1-2H3,(H,16,18). The Kier molecular flexibility index (Phi) is 5.43. The van der Waals surface area contributed by atoms with Gasteiger partial charge in [-0.05, 0) is 19.1 Å². The molecule has 1 heterocycles. The van der Waals surface area contributed by atoms with Crippen LogP contribution in [0.4, 0.5) is 11.4 Å². The molecule has 1 aromatic carbocycles. The minimum Gasteiger partial charge on any atom is -0.468 e. The van der Waals surface area contributed by atoms with Gasteiger partial charge >= 0.3 is 5.97 Å². The van der Waals surface area contributed by atoms with E-state index in [1.54, 1.807) is 17.0 Å². The third-order valence-corrected chi connectivity index (χ3v) is 4.19. The quantitative estimate of drug-likeness (QED) is 0.853. The van der Waals surface area contributed by atoms with E-state index < -0.39 is 0 Å². The number of ether oxygens (including phenoxy) is 1. The lowest BCUT2D eigenvalue weighted by molar-refractivity contribution is -0.137. The van der Waals surface area contributed by atoms with E-state index in [1.807, 2.05) is 19.1 Å². The van der Waals surface area contributed by atoms with Crippen LogP contribution >= 0.6 is 11.8 Å². The number of methoxy groups -OCH3 is 1. The van der Waals surface area contributed by atoms with Crippen LogP contribution in [0.5, 0.6) is 0 Å². The van der Waals surface area contributed by atoms with Crippen molar-refractivity contribution in [1.29, 1.82) is 0 Å². The average Bonchev–Trinajstić information content (AvgIpc) is 2.61. The topological polar surface area (TPSA) is 75.7 Å². The third kappa shape index (κ3) is 3.79. The van der Waals surface area contributed by atoms with E-state index in [0.29, 0.717) is 11.4 Å². The van der Waals surface area contributed by atoms with Crippen molar-refractivity contribution in [2.24, 2.45) is 0 Å². The highest BCUT2D eigenvalue weighted by Gasteiger charge is 2.29. The fourth-order valence-corrected chi connectivity index (χ4v) is 3.02.